The van der Waals surface area contributed by atoms with Gasteiger partial charge in [-0.1, -0.05) is 0 Å². The fourth-order valence-corrected chi connectivity index (χ4v) is 0.981. The Hall–Kier alpha value is -1.39. The molecule has 0 bridgehead atoms. The Kier molecular flexibility index (Phi) is 2.79. The van der Waals surface area contributed by atoms with E-state index in [1.807, 2.05) is 10.6 Å². The van der Waals surface area contributed by atoms with Crippen LogP contribution in [0.2, 0.25) is 0 Å². The third-order valence-corrected chi connectivity index (χ3v) is 1.56. The maximum atomic E-state index is 10.8. The van der Waals surface area contributed by atoms with Crippen molar-refractivity contribution in [1.29, 1.82) is 0 Å². The molecular formula is C7H10N2O3. The minimum absolute atomic E-state index is 0.306. The molecule has 66 valence electrons. The Balaban J connectivity index is 2.54. The van der Waals surface area contributed by atoms with Crippen LogP contribution in [0.1, 0.15) is 25.7 Å². The Morgan fingerprint density at radius 2 is 1.25 bits per heavy atom. The van der Waals surface area contributed by atoms with Gasteiger partial charge in [0.05, 0.1) is 0 Å². The number of hydrogen-bond donors (Lipinski definition) is 2. The molecule has 1 saturated heterocycles. The molecule has 1 fully saturated rings. The van der Waals surface area contributed by atoms with Crippen LogP contribution in [-0.2, 0) is 9.59 Å². The second kappa shape index (κ2) is 3.85. The zero-order valence-corrected chi connectivity index (χ0v) is 6.55. The van der Waals surface area contributed by atoms with Gasteiger partial charge in [0.25, 0.3) is 0 Å². The van der Waals surface area contributed by atoms with Crippen molar-refractivity contribution >= 4 is 17.8 Å². The molecule has 12 heavy (non-hydrogen) atoms. The summed E-state index contributed by atoms with van der Waals surface area (Å²) in [6, 6.07) is -0.716. The van der Waals surface area contributed by atoms with Crippen LogP contribution in [-0.4, -0.2) is 17.8 Å². The van der Waals surface area contributed by atoms with Crippen molar-refractivity contribution in [2.45, 2.75) is 25.7 Å². The van der Waals surface area contributed by atoms with E-state index in [0.29, 0.717) is 25.7 Å². The lowest BCUT2D eigenvalue weighted by atomic mass is 10.2. The summed E-state index contributed by atoms with van der Waals surface area (Å²) in [5.74, 6) is -0.663. The Morgan fingerprint density at radius 3 is 1.67 bits per heavy atom. The third kappa shape index (κ3) is 2.69. The molecule has 4 amide bonds. The highest BCUT2D eigenvalue weighted by atomic mass is 16.2. The van der Waals surface area contributed by atoms with E-state index in [1.54, 1.807) is 0 Å². The average Bonchev–Trinajstić information content (AvgIpc) is 2.01. The molecule has 0 radical (unpaired) electrons. The summed E-state index contributed by atoms with van der Waals surface area (Å²) in [6.07, 6.45) is 1.90. The predicted octanol–water partition coefficient (Wildman–Crippen LogP) is -0.0872. The molecule has 0 aliphatic carbocycles. The molecular weight excluding hydrogens is 160 g/mol. The minimum Gasteiger partial charge on any atom is -0.278 e. The van der Waals surface area contributed by atoms with Crippen LogP contribution in [0.3, 0.4) is 0 Å². The number of imide groups is 2. The van der Waals surface area contributed by atoms with Gasteiger partial charge in [0.2, 0.25) is 11.8 Å². The molecule has 1 aliphatic heterocycles. The van der Waals surface area contributed by atoms with Gasteiger partial charge >= 0.3 is 6.03 Å². The topological polar surface area (TPSA) is 75.3 Å². The maximum absolute atomic E-state index is 10.8. The van der Waals surface area contributed by atoms with E-state index in [-0.39, 0.29) is 11.8 Å². The average molecular weight is 170 g/mol. The molecule has 0 spiro atoms. The Bertz CT molecular complexity index is 203. The fourth-order valence-electron chi connectivity index (χ4n) is 0.981. The number of rotatable bonds is 0. The summed E-state index contributed by atoms with van der Waals surface area (Å²) >= 11 is 0. The van der Waals surface area contributed by atoms with E-state index in [4.69, 9.17) is 0 Å². The van der Waals surface area contributed by atoms with Crippen LogP contribution >= 0.6 is 0 Å². The van der Waals surface area contributed by atoms with Crippen LogP contribution in [0.5, 0.6) is 0 Å². The predicted molar refractivity (Wildman–Crippen MR) is 40.1 cm³/mol. The normalized spacial score (nSPS) is 20.2. The molecule has 0 saturated carbocycles. The first kappa shape index (κ1) is 8.70. The number of nitrogens with one attached hydrogen (secondary N) is 2. The van der Waals surface area contributed by atoms with E-state index in [2.05, 4.69) is 0 Å². The van der Waals surface area contributed by atoms with Gasteiger partial charge in [-0.15, -0.1) is 0 Å². The van der Waals surface area contributed by atoms with Crippen LogP contribution in [0.15, 0.2) is 0 Å². The van der Waals surface area contributed by atoms with Crippen molar-refractivity contribution in [3.8, 4) is 0 Å². The summed E-state index contributed by atoms with van der Waals surface area (Å²) in [5, 5.41) is 4.08. The molecule has 2 N–H and O–H groups in total. The van der Waals surface area contributed by atoms with Gasteiger partial charge in [-0.3, -0.25) is 20.2 Å². The van der Waals surface area contributed by atoms with Crippen LogP contribution in [0.4, 0.5) is 4.79 Å². The first-order chi connectivity index (χ1) is 5.68. The second-order valence-corrected chi connectivity index (χ2v) is 2.63. The van der Waals surface area contributed by atoms with E-state index >= 15 is 0 Å². The number of carbonyl (C=O) groups excluding carboxylic acids is 3. The number of hydrogen-bond acceptors (Lipinski definition) is 3. The summed E-state index contributed by atoms with van der Waals surface area (Å²) in [5.41, 5.74) is 0. The molecule has 0 aromatic carbocycles. The van der Waals surface area contributed by atoms with E-state index in [1.165, 1.54) is 0 Å². The van der Waals surface area contributed by atoms with E-state index in [9.17, 15) is 14.4 Å². The zero-order chi connectivity index (χ0) is 8.97. The lowest BCUT2D eigenvalue weighted by Crippen LogP contribution is -2.41. The largest absolute Gasteiger partial charge is 0.328 e. The molecule has 0 aromatic heterocycles. The van der Waals surface area contributed by atoms with E-state index < -0.39 is 6.03 Å². The van der Waals surface area contributed by atoms with Crippen LogP contribution in [0.25, 0.3) is 0 Å². The summed E-state index contributed by atoms with van der Waals surface area (Å²) in [7, 11) is 0. The molecule has 1 aliphatic rings. The molecule has 5 nitrogen and oxygen atoms in total. The summed E-state index contributed by atoms with van der Waals surface area (Å²) in [4.78, 5) is 32.4. The highest BCUT2D eigenvalue weighted by Crippen LogP contribution is 2.01. The number of urea groups is 1. The Morgan fingerprint density at radius 1 is 0.833 bits per heavy atom. The maximum Gasteiger partial charge on any atom is 0.328 e. The van der Waals surface area contributed by atoms with Crippen LogP contribution < -0.4 is 10.6 Å². The van der Waals surface area contributed by atoms with Crippen molar-refractivity contribution in [2.24, 2.45) is 0 Å². The molecule has 1 rings (SSSR count). The SMILES string of the molecule is O=C1CCCCC(=O)NC(=O)N1. The highest BCUT2D eigenvalue weighted by Gasteiger charge is 2.13. The van der Waals surface area contributed by atoms with Crippen molar-refractivity contribution in [2.75, 3.05) is 0 Å². The van der Waals surface area contributed by atoms with Crippen molar-refractivity contribution in [3.63, 3.8) is 0 Å². The molecule has 0 aromatic rings. The molecule has 5 heteroatoms. The monoisotopic (exact) mass is 170 g/mol. The lowest BCUT2D eigenvalue weighted by Gasteiger charge is -2.00. The second-order valence-electron chi connectivity index (χ2n) is 2.63. The molecule has 0 unspecified atom stereocenters. The van der Waals surface area contributed by atoms with Gasteiger partial charge in [-0.25, -0.2) is 4.79 Å². The van der Waals surface area contributed by atoms with Crippen LogP contribution in [0, 0.1) is 0 Å². The Labute approximate surface area is 69.5 Å². The van der Waals surface area contributed by atoms with Gasteiger partial charge in [-0.2, -0.15) is 0 Å². The van der Waals surface area contributed by atoms with Gasteiger partial charge in [-0.05, 0) is 12.8 Å². The van der Waals surface area contributed by atoms with Crippen molar-refractivity contribution in [3.05, 3.63) is 0 Å². The van der Waals surface area contributed by atoms with Gasteiger partial charge in [0.1, 0.15) is 0 Å². The van der Waals surface area contributed by atoms with Gasteiger partial charge in [0.15, 0.2) is 0 Å². The summed E-state index contributed by atoms with van der Waals surface area (Å²) < 4.78 is 0. The van der Waals surface area contributed by atoms with Crippen molar-refractivity contribution < 1.29 is 14.4 Å². The smallest absolute Gasteiger partial charge is 0.278 e. The first-order valence-corrected chi connectivity index (χ1v) is 3.82. The molecule has 0 atom stereocenters. The standard InChI is InChI=1S/C7H10N2O3/c10-5-3-1-2-4-6(11)9-7(12)8-5/h1-4H2,(H2,8,9,10,11,12). The minimum atomic E-state index is -0.716. The third-order valence-electron chi connectivity index (χ3n) is 1.56. The zero-order valence-electron chi connectivity index (χ0n) is 6.55. The van der Waals surface area contributed by atoms with Gasteiger partial charge < -0.3 is 0 Å². The summed E-state index contributed by atoms with van der Waals surface area (Å²) in [6.45, 7) is 0. The lowest BCUT2D eigenvalue weighted by molar-refractivity contribution is -0.120. The quantitative estimate of drug-likeness (QED) is 0.533. The highest BCUT2D eigenvalue weighted by molar-refractivity contribution is 6.02. The number of carbonyl (C=O) groups is 3. The number of amides is 4. The molecule has 1 heterocycles. The fraction of sp³-hybridized carbons (Fsp3) is 0.571. The van der Waals surface area contributed by atoms with Crippen molar-refractivity contribution in [1.82, 2.24) is 10.6 Å². The van der Waals surface area contributed by atoms with Gasteiger partial charge in [0, 0.05) is 12.8 Å². The first-order valence-electron chi connectivity index (χ1n) is 3.82. The van der Waals surface area contributed by atoms with E-state index in [0.717, 1.165) is 0 Å².